The number of amides is 1. The molecule has 3 aromatic carbocycles. The summed E-state index contributed by atoms with van der Waals surface area (Å²) in [4.78, 5) is 28.8. The van der Waals surface area contributed by atoms with Crippen molar-refractivity contribution in [2.45, 2.75) is 17.9 Å². The van der Waals surface area contributed by atoms with Gasteiger partial charge in [0.15, 0.2) is 11.5 Å². The molecule has 0 saturated heterocycles. The molecule has 1 atom stereocenters. The zero-order chi connectivity index (χ0) is 26.2. The van der Waals surface area contributed by atoms with Crippen molar-refractivity contribution < 1.29 is 27.1 Å². The van der Waals surface area contributed by atoms with Crippen LogP contribution in [0.1, 0.15) is 28.9 Å². The fraction of sp³-hybridized carbons (Fsp3) is 0.154. The monoisotopic (exact) mass is 523 g/mol. The number of aromatic nitrogens is 1. The summed E-state index contributed by atoms with van der Waals surface area (Å²) in [5.74, 6) is -0.181. The molecule has 9 nitrogen and oxygen atoms in total. The molecule has 3 N–H and O–H groups in total. The smallest absolute Gasteiger partial charge is 0.262 e. The highest BCUT2D eigenvalue weighted by Crippen LogP contribution is 2.32. The first kappa shape index (κ1) is 24.3. The average Bonchev–Trinajstić information content (AvgIpc) is 2.89. The molecule has 0 bridgehead atoms. The number of para-hydroxylation sites is 1. The van der Waals surface area contributed by atoms with Crippen molar-refractivity contribution in [3.63, 3.8) is 0 Å². The van der Waals surface area contributed by atoms with Gasteiger partial charge < -0.3 is 19.8 Å². The van der Waals surface area contributed by atoms with Gasteiger partial charge in [-0.3, -0.25) is 14.3 Å². The van der Waals surface area contributed by atoms with Crippen molar-refractivity contribution in [2.75, 3.05) is 17.9 Å². The standard InChI is InChI=1S/C26H22FN3O6S/c1-15(16-6-9-23-24(12-16)36-11-10-35-23)29-26(32)19-14-28-21-8-7-17(13-18(21)25(19)31)37(33,34)30-22-5-3-2-4-20(22)27/h2-9,12-15,30H,10-11H2,1H3,(H,28,31)(H,29,32)/t15-/m0/s1. The zero-order valence-corrected chi connectivity index (χ0v) is 20.4. The van der Waals surface area contributed by atoms with Crippen LogP contribution in [0.4, 0.5) is 10.1 Å². The molecule has 4 aromatic rings. The Bertz CT molecular complexity index is 1690. The van der Waals surface area contributed by atoms with Gasteiger partial charge in [-0.1, -0.05) is 18.2 Å². The van der Waals surface area contributed by atoms with Gasteiger partial charge >= 0.3 is 0 Å². The number of nitrogens with one attached hydrogen (secondary N) is 3. The van der Waals surface area contributed by atoms with Crippen LogP contribution in [-0.2, 0) is 10.0 Å². The lowest BCUT2D eigenvalue weighted by molar-refractivity contribution is 0.0938. The number of hydrogen-bond donors (Lipinski definition) is 3. The van der Waals surface area contributed by atoms with Crippen LogP contribution in [0.25, 0.3) is 10.9 Å². The molecular formula is C26H22FN3O6S. The summed E-state index contributed by atoms with van der Waals surface area (Å²) < 4.78 is 52.9. The third-order valence-corrected chi connectivity index (χ3v) is 7.30. The summed E-state index contributed by atoms with van der Waals surface area (Å²) in [5, 5.41) is 2.78. The van der Waals surface area contributed by atoms with E-state index in [0.717, 1.165) is 17.7 Å². The molecular weight excluding hydrogens is 501 g/mol. The van der Waals surface area contributed by atoms with Crippen LogP contribution in [-0.4, -0.2) is 32.5 Å². The largest absolute Gasteiger partial charge is 0.486 e. The Kier molecular flexibility index (Phi) is 6.30. The highest BCUT2D eigenvalue weighted by atomic mass is 32.2. The second-order valence-electron chi connectivity index (χ2n) is 8.42. The third-order valence-electron chi connectivity index (χ3n) is 5.94. The lowest BCUT2D eigenvalue weighted by atomic mass is 10.1. The molecule has 2 heterocycles. The maximum absolute atomic E-state index is 14.0. The molecule has 1 aliphatic heterocycles. The van der Waals surface area contributed by atoms with Gasteiger partial charge in [0.2, 0.25) is 5.43 Å². The number of fused-ring (bicyclic) bond motifs is 2. The normalized spacial score (nSPS) is 13.7. The zero-order valence-electron chi connectivity index (χ0n) is 19.6. The van der Waals surface area contributed by atoms with Gasteiger partial charge in [0, 0.05) is 17.1 Å². The van der Waals surface area contributed by atoms with Crippen LogP contribution in [0.15, 0.2) is 76.6 Å². The fourth-order valence-corrected chi connectivity index (χ4v) is 5.06. The number of carbonyl (C=O) groups is 1. The highest BCUT2D eigenvalue weighted by molar-refractivity contribution is 7.92. The van der Waals surface area contributed by atoms with E-state index in [2.05, 4.69) is 15.0 Å². The van der Waals surface area contributed by atoms with Crippen molar-refractivity contribution in [2.24, 2.45) is 0 Å². The molecule has 0 aliphatic carbocycles. The molecule has 5 rings (SSSR count). The summed E-state index contributed by atoms with van der Waals surface area (Å²) in [6, 6.07) is 14.0. The van der Waals surface area contributed by atoms with Crippen LogP contribution < -0.4 is 24.9 Å². The van der Waals surface area contributed by atoms with Gasteiger partial charge in [0.25, 0.3) is 15.9 Å². The van der Waals surface area contributed by atoms with E-state index in [1.54, 1.807) is 25.1 Å². The Morgan fingerprint density at radius 1 is 1.03 bits per heavy atom. The van der Waals surface area contributed by atoms with Crippen LogP contribution in [0, 0.1) is 5.82 Å². The summed E-state index contributed by atoms with van der Waals surface area (Å²) >= 11 is 0. The molecule has 1 amide bonds. The maximum Gasteiger partial charge on any atom is 0.262 e. The number of sulfonamides is 1. The maximum atomic E-state index is 14.0. The predicted octanol–water partition coefficient (Wildman–Crippen LogP) is 3.73. The van der Waals surface area contributed by atoms with Crippen molar-refractivity contribution in [3.05, 3.63) is 94.0 Å². The Labute approximate surface area is 211 Å². The molecule has 0 saturated carbocycles. The third kappa shape index (κ3) is 4.85. The van der Waals surface area contributed by atoms with Crippen LogP contribution in [0.5, 0.6) is 11.5 Å². The molecule has 0 fully saturated rings. The number of ether oxygens (including phenoxy) is 2. The fourth-order valence-electron chi connectivity index (χ4n) is 3.97. The lowest BCUT2D eigenvalue weighted by Gasteiger charge is -2.21. The molecule has 11 heteroatoms. The second-order valence-corrected chi connectivity index (χ2v) is 10.1. The average molecular weight is 524 g/mol. The summed E-state index contributed by atoms with van der Waals surface area (Å²) in [7, 11) is -4.21. The lowest BCUT2D eigenvalue weighted by Crippen LogP contribution is -2.31. The van der Waals surface area contributed by atoms with E-state index in [-0.39, 0.29) is 21.5 Å². The van der Waals surface area contributed by atoms with E-state index >= 15 is 0 Å². The summed E-state index contributed by atoms with van der Waals surface area (Å²) in [6.45, 7) is 2.65. The van der Waals surface area contributed by atoms with Crippen molar-refractivity contribution in [3.8, 4) is 11.5 Å². The molecule has 0 radical (unpaired) electrons. The van der Waals surface area contributed by atoms with E-state index in [4.69, 9.17) is 9.47 Å². The Balaban J connectivity index is 1.41. The Morgan fingerprint density at radius 2 is 1.78 bits per heavy atom. The van der Waals surface area contributed by atoms with Crippen LogP contribution in [0.2, 0.25) is 0 Å². The van der Waals surface area contributed by atoms with Gasteiger partial charge in [-0.25, -0.2) is 12.8 Å². The van der Waals surface area contributed by atoms with Crippen LogP contribution in [0.3, 0.4) is 0 Å². The van der Waals surface area contributed by atoms with E-state index < -0.39 is 33.2 Å². The van der Waals surface area contributed by atoms with Crippen molar-refractivity contribution in [1.29, 1.82) is 0 Å². The number of hydrogen-bond acceptors (Lipinski definition) is 6. The highest BCUT2D eigenvalue weighted by Gasteiger charge is 2.21. The summed E-state index contributed by atoms with van der Waals surface area (Å²) in [5.41, 5.74) is 0.0310. The number of aromatic amines is 1. The Hall–Kier alpha value is -4.38. The number of anilines is 1. The molecule has 0 unspecified atom stereocenters. The number of rotatable bonds is 6. The molecule has 190 valence electrons. The van der Waals surface area contributed by atoms with Crippen molar-refractivity contribution >= 4 is 32.5 Å². The molecule has 37 heavy (non-hydrogen) atoms. The van der Waals surface area contributed by atoms with Gasteiger partial charge in [0.05, 0.1) is 16.6 Å². The minimum absolute atomic E-state index is 0.00367. The first-order valence-corrected chi connectivity index (χ1v) is 12.8. The quantitative estimate of drug-likeness (QED) is 0.354. The second kappa shape index (κ2) is 9.58. The Morgan fingerprint density at radius 3 is 2.57 bits per heavy atom. The van der Waals surface area contributed by atoms with Crippen LogP contribution >= 0.6 is 0 Å². The molecule has 1 aromatic heterocycles. The summed E-state index contributed by atoms with van der Waals surface area (Å²) in [6.07, 6.45) is 1.28. The molecule has 1 aliphatic rings. The number of pyridine rings is 1. The van der Waals surface area contributed by atoms with E-state index in [1.165, 1.54) is 36.5 Å². The topological polar surface area (TPSA) is 127 Å². The number of H-pyrrole nitrogens is 1. The first-order chi connectivity index (χ1) is 17.7. The minimum atomic E-state index is -4.21. The predicted molar refractivity (Wildman–Crippen MR) is 135 cm³/mol. The number of carbonyl (C=O) groups excluding carboxylic acids is 1. The van der Waals surface area contributed by atoms with E-state index in [0.29, 0.717) is 30.2 Å². The van der Waals surface area contributed by atoms with Gasteiger partial charge in [-0.05, 0) is 55.0 Å². The minimum Gasteiger partial charge on any atom is -0.486 e. The number of benzene rings is 3. The van der Waals surface area contributed by atoms with E-state index in [9.17, 15) is 22.4 Å². The number of halogens is 1. The SMILES string of the molecule is C[C@H](NC(=O)c1c[nH]c2ccc(S(=O)(=O)Nc3ccccc3F)cc2c1=O)c1ccc2c(c1)OCCO2. The molecule has 0 spiro atoms. The van der Waals surface area contributed by atoms with Gasteiger partial charge in [-0.2, -0.15) is 0 Å². The van der Waals surface area contributed by atoms with Gasteiger partial charge in [0.1, 0.15) is 24.6 Å². The van der Waals surface area contributed by atoms with E-state index in [1.807, 2.05) is 0 Å². The van der Waals surface area contributed by atoms with Gasteiger partial charge in [-0.15, -0.1) is 0 Å². The van der Waals surface area contributed by atoms with Crippen molar-refractivity contribution in [1.82, 2.24) is 10.3 Å². The first-order valence-electron chi connectivity index (χ1n) is 11.4.